The number of thiophene rings is 1. The lowest BCUT2D eigenvalue weighted by molar-refractivity contribution is -0.167. The number of alkyl halides is 3. The third-order valence-electron chi connectivity index (χ3n) is 2.53. The Morgan fingerprint density at radius 1 is 1.30 bits per heavy atom. The Morgan fingerprint density at radius 2 is 1.90 bits per heavy atom. The Bertz CT molecular complexity index is 523. The van der Waals surface area contributed by atoms with Gasteiger partial charge in [-0.15, -0.1) is 11.3 Å². The van der Waals surface area contributed by atoms with Crippen LogP contribution in [0.2, 0.25) is 0 Å². The summed E-state index contributed by atoms with van der Waals surface area (Å²) in [6.07, 6.45) is -4.55. The van der Waals surface area contributed by atoms with Crippen molar-refractivity contribution in [3.05, 3.63) is 16.0 Å². The molecule has 1 aromatic rings. The minimum atomic E-state index is -5.00. The summed E-state index contributed by atoms with van der Waals surface area (Å²) in [4.78, 5) is 23.5. The standard InChI is InChI=1S/C12H14F3NO3S/c1-4-7-6(3)20-9(8(7)10(17)19-5-2)16-11(18)12(13,14)15/h4-5H2,1-3H3,(H,16,18). The van der Waals surface area contributed by atoms with Crippen LogP contribution in [0.25, 0.3) is 0 Å². The van der Waals surface area contributed by atoms with E-state index in [0.717, 1.165) is 11.3 Å². The zero-order chi connectivity index (χ0) is 15.5. The van der Waals surface area contributed by atoms with Crippen LogP contribution in [0.4, 0.5) is 18.2 Å². The summed E-state index contributed by atoms with van der Waals surface area (Å²) >= 11 is 0.931. The number of carbonyl (C=O) groups is 2. The molecule has 1 rings (SSSR count). The number of hydrogen-bond acceptors (Lipinski definition) is 4. The molecule has 0 spiro atoms. The maximum Gasteiger partial charge on any atom is 0.471 e. The zero-order valence-electron chi connectivity index (χ0n) is 11.2. The molecule has 20 heavy (non-hydrogen) atoms. The van der Waals surface area contributed by atoms with Crippen LogP contribution in [0.15, 0.2) is 0 Å². The van der Waals surface area contributed by atoms with Crippen LogP contribution < -0.4 is 5.32 Å². The predicted octanol–water partition coefficient (Wildman–Crippen LogP) is 3.30. The van der Waals surface area contributed by atoms with Crippen LogP contribution in [-0.4, -0.2) is 24.7 Å². The van der Waals surface area contributed by atoms with E-state index in [1.807, 2.05) is 0 Å². The van der Waals surface area contributed by atoms with E-state index >= 15 is 0 Å². The van der Waals surface area contributed by atoms with Crippen LogP contribution in [0.1, 0.15) is 34.6 Å². The van der Waals surface area contributed by atoms with Gasteiger partial charge in [0.2, 0.25) is 0 Å². The van der Waals surface area contributed by atoms with Gasteiger partial charge in [0.25, 0.3) is 0 Å². The molecule has 1 aromatic heterocycles. The van der Waals surface area contributed by atoms with E-state index in [9.17, 15) is 22.8 Å². The highest BCUT2D eigenvalue weighted by Gasteiger charge is 2.40. The molecule has 0 radical (unpaired) electrons. The smallest absolute Gasteiger partial charge is 0.462 e. The van der Waals surface area contributed by atoms with Crippen molar-refractivity contribution in [3.8, 4) is 0 Å². The topological polar surface area (TPSA) is 55.4 Å². The van der Waals surface area contributed by atoms with Gasteiger partial charge in [-0.25, -0.2) is 4.79 Å². The Kier molecular flexibility index (Phi) is 5.15. The summed E-state index contributed by atoms with van der Waals surface area (Å²) in [5.41, 5.74) is 0.598. The lowest BCUT2D eigenvalue weighted by atomic mass is 10.1. The van der Waals surface area contributed by atoms with Gasteiger partial charge < -0.3 is 10.1 Å². The average molecular weight is 309 g/mol. The van der Waals surface area contributed by atoms with Crippen molar-refractivity contribution in [2.45, 2.75) is 33.4 Å². The van der Waals surface area contributed by atoms with E-state index < -0.39 is 18.1 Å². The summed E-state index contributed by atoms with van der Waals surface area (Å²) in [6, 6.07) is 0. The van der Waals surface area contributed by atoms with Gasteiger partial charge in [-0.05, 0) is 25.8 Å². The van der Waals surface area contributed by atoms with Crippen molar-refractivity contribution in [1.29, 1.82) is 0 Å². The van der Waals surface area contributed by atoms with Crippen LogP contribution in [0.5, 0.6) is 0 Å². The van der Waals surface area contributed by atoms with Gasteiger partial charge in [0.1, 0.15) is 5.00 Å². The minimum absolute atomic E-state index is 0.00875. The molecule has 0 aliphatic heterocycles. The van der Waals surface area contributed by atoms with Crippen molar-refractivity contribution in [1.82, 2.24) is 0 Å². The SMILES string of the molecule is CCOC(=O)c1c(NC(=O)C(F)(F)F)sc(C)c1CC. The van der Waals surface area contributed by atoms with E-state index in [1.54, 1.807) is 26.1 Å². The highest BCUT2D eigenvalue weighted by molar-refractivity contribution is 7.16. The van der Waals surface area contributed by atoms with Gasteiger partial charge in [-0.1, -0.05) is 6.92 Å². The molecule has 0 aromatic carbocycles. The van der Waals surface area contributed by atoms with Crippen LogP contribution in [0, 0.1) is 6.92 Å². The van der Waals surface area contributed by atoms with E-state index in [4.69, 9.17) is 4.74 Å². The maximum atomic E-state index is 12.3. The molecule has 0 saturated heterocycles. The third-order valence-corrected chi connectivity index (χ3v) is 3.59. The number of rotatable bonds is 4. The van der Waals surface area contributed by atoms with Gasteiger partial charge in [-0.3, -0.25) is 4.79 Å². The molecule has 0 saturated carbocycles. The van der Waals surface area contributed by atoms with E-state index in [0.29, 0.717) is 16.9 Å². The molecule has 0 bridgehead atoms. The van der Waals surface area contributed by atoms with Gasteiger partial charge in [0, 0.05) is 4.88 Å². The average Bonchev–Trinajstić information content (AvgIpc) is 2.64. The zero-order valence-corrected chi connectivity index (χ0v) is 12.0. The monoisotopic (exact) mass is 309 g/mol. The van der Waals surface area contributed by atoms with Crippen molar-refractivity contribution in [2.75, 3.05) is 11.9 Å². The van der Waals surface area contributed by atoms with Crippen molar-refractivity contribution in [3.63, 3.8) is 0 Å². The molecule has 0 aliphatic rings. The maximum absolute atomic E-state index is 12.3. The third kappa shape index (κ3) is 3.50. The van der Waals surface area contributed by atoms with Crippen molar-refractivity contribution in [2.24, 2.45) is 0 Å². The molecule has 1 N–H and O–H groups in total. The quantitative estimate of drug-likeness (QED) is 0.868. The molecule has 0 fully saturated rings. The second-order valence-corrected chi connectivity index (χ2v) is 5.09. The molecule has 1 amide bonds. The molecule has 4 nitrogen and oxygen atoms in total. The number of nitrogens with one attached hydrogen (secondary N) is 1. The van der Waals surface area contributed by atoms with Gasteiger partial charge in [0.05, 0.1) is 12.2 Å². The number of halogens is 3. The first-order chi connectivity index (χ1) is 9.22. The lowest BCUT2D eigenvalue weighted by Crippen LogP contribution is -2.30. The predicted molar refractivity (Wildman–Crippen MR) is 69.1 cm³/mol. The van der Waals surface area contributed by atoms with Crippen LogP contribution >= 0.6 is 11.3 Å². The number of carbonyl (C=O) groups excluding carboxylic acids is 2. The summed E-state index contributed by atoms with van der Waals surface area (Å²) in [6.45, 7) is 5.14. The van der Waals surface area contributed by atoms with Crippen LogP contribution in [0.3, 0.4) is 0 Å². The Balaban J connectivity index is 3.19. The molecule has 8 heteroatoms. The lowest BCUT2D eigenvalue weighted by Gasteiger charge is -2.09. The molecule has 0 unspecified atom stereocenters. The Labute approximate surface area is 117 Å². The number of ether oxygens (including phenoxy) is 1. The summed E-state index contributed by atoms with van der Waals surface area (Å²) in [5.74, 6) is -2.84. The normalized spacial score (nSPS) is 11.3. The molecule has 0 aliphatic carbocycles. The molecule has 1 heterocycles. The van der Waals surface area contributed by atoms with E-state index in [-0.39, 0.29) is 17.2 Å². The highest BCUT2D eigenvalue weighted by atomic mass is 32.1. The summed E-state index contributed by atoms with van der Waals surface area (Å²) in [5, 5.41) is 1.61. The highest BCUT2D eigenvalue weighted by Crippen LogP contribution is 2.35. The van der Waals surface area contributed by atoms with Crippen molar-refractivity contribution < 1.29 is 27.5 Å². The van der Waals surface area contributed by atoms with Gasteiger partial charge >= 0.3 is 18.1 Å². The minimum Gasteiger partial charge on any atom is -0.462 e. The van der Waals surface area contributed by atoms with Crippen molar-refractivity contribution >= 4 is 28.2 Å². The largest absolute Gasteiger partial charge is 0.471 e. The summed E-state index contributed by atoms with van der Waals surface area (Å²) in [7, 11) is 0. The first-order valence-electron chi connectivity index (χ1n) is 5.89. The fourth-order valence-electron chi connectivity index (χ4n) is 1.69. The Morgan fingerprint density at radius 3 is 2.35 bits per heavy atom. The van der Waals surface area contributed by atoms with Gasteiger partial charge in [-0.2, -0.15) is 13.2 Å². The second-order valence-electron chi connectivity index (χ2n) is 3.87. The fraction of sp³-hybridized carbons (Fsp3) is 0.500. The number of esters is 1. The fourth-order valence-corrected chi connectivity index (χ4v) is 2.81. The molecular formula is C12H14F3NO3S. The number of amides is 1. The molecule has 0 atom stereocenters. The number of aryl methyl sites for hydroxylation is 1. The molecular weight excluding hydrogens is 295 g/mol. The van der Waals surface area contributed by atoms with Crippen LogP contribution in [-0.2, 0) is 16.0 Å². The number of hydrogen-bond donors (Lipinski definition) is 1. The summed E-state index contributed by atoms with van der Waals surface area (Å²) < 4.78 is 41.7. The van der Waals surface area contributed by atoms with E-state index in [1.165, 1.54) is 0 Å². The Hall–Kier alpha value is -1.57. The first-order valence-corrected chi connectivity index (χ1v) is 6.71. The van der Waals surface area contributed by atoms with E-state index in [2.05, 4.69) is 0 Å². The second kappa shape index (κ2) is 6.25. The number of anilines is 1. The molecule has 112 valence electrons. The van der Waals surface area contributed by atoms with Gasteiger partial charge in [0.15, 0.2) is 0 Å². The first kappa shape index (κ1) is 16.5.